The monoisotopic (exact) mass is 227 g/mol. The van der Waals surface area contributed by atoms with E-state index in [4.69, 9.17) is 15.2 Å². The van der Waals surface area contributed by atoms with Crippen LogP contribution in [0.2, 0.25) is 0 Å². The van der Waals surface area contributed by atoms with Crippen molar-refractivity contribution in [2.24, 2.45) is 5.73 Å². The predicted octanol–water partition coefficient (Wildman–Crippen LogP) is 2.23. The Kier molecular flexibility index (Phi) is 4.62. The zero-order valence-electron chi connectivity index (χ0n) is 10.2. The second-order valence-electron chi connectivity index (χ2n) is 5.25. The molecule has 3 nitrogen and oxygen atoms in total. The fourth-order valence-corrected chi connectivity index (χ4v) is 2.83. The molecule has 0 aromatic rings. The van der Waals surface area contributed by atoms with Crippen molar-refractivity contribution < 1.29 is 9.47 Å². The van der Waals surface area contributed by atoms with Gasteiger partial charge >= 0.3 is 0 Å². The summed E-state index contributed by atoms with van der Waals surface area (Å²) in [5.74, 6) is 0. The number of ether oxygens (including phenoxy) is 2. The summed E-state index contributed by atoms with van der Waals surface area (Å²) in [5.41, 5.74) is 5.89. The average molecular weight is 227 g/mol. The van der Waals surface area contributed by atoms with Crippen LogP contribution in [0.15, 0.2) is 0 Å². The van der Waals surface area contributed by atoms with E-state index in [1.165, 1.54) is 32.1 Å². The molecule has 2 aliphatic rings. The molecule has 1 aliphatic heterocycles. The first kappa shape index (κ1) is 12.3. The van der Waals surface area contributed by atoms with Gasteiger partial charge in [0.25, 0.3) is 0 Å². The molecule has 2 fully saturated rings. The zero-order chi connectivity index (χ0) is 11.3. The first-order valence-electron chi connectivity index (χ1n) is 6.80. The Morgan fingerprint density at radius 2 is 1.88 bits per heavy atom. The molecule has 0 aromatic heterocycles. The Labute approximate surface area is 98.7 Å². The Morgan fingerprint density at radius 3 is 2.44 bits per heavy atom. The summed E-state index contributed by atoms with van der Waals surface area (Å²) in [4.78, 5) is 0. The summed E-state index contributed by atoms with van der Waals surface area (Å²) in [6.45, 7) is 2.32. The van der Waals surface area contributed by atoms with Crippen molar-refractivity contribution in [2.75, 3.05) is 19.8 Å². The maximum absolute atomic E-state index is 6.13. The van der Waals surface area contributed by atoms with Gasteiger partial charge in [0.05, 0.1) is 18.3 Å². The summed E-state index contributed by atoms with van der Waals surface area (Å²) in [6.07, 6.45) is 10.1. The van der Waals surface area contributed by atoms with Crippen LogP contribution < -0.4 is 5.73 Å². The third kappa shape index (κ3) is 3.19. The normalized spacial score (nSPS) is 30.2. The van der Waals surface area contributed by atoms with Crippen molar-refractivity contribution in [1.29, 1.82) is 0 Å². The molecule has 1 unspecified atom stereocenters. The molecule has 0 amide bonds. The zero-order valence-corrected chi connectivity index (χ0v) is 10.2. The molecule has 1 saturated heterocycles. The summed E-state index contributed by atoms with van der Waals surface area (Å²) in [6, 6.07) is 0. The molecule has 94 valence electrons. The molecule has 16 heavy (non-hydrogen) atoms. The van der Waals surface area contributed by atoms with E-state index in [0.717, 1.165) is 32.5 Å². The SMILES string of the molecule is NCC1(OCC2CCCO2)CCCCCC1. The predicted molar refractivity (Wildman–Crippen MR) is 64.4 cm³/mol. The largest absolute Gasteiger partial charge is 0.376 e. The summed E-state index contributed by atoms with van der Waals surface area (Å²) in [5, 5.41) is 0. The van der Waals surface area contributed by atoms with Gasteiger partial charge in [-0.1, -0.05) is 25.7 Å². The van der Waals surface area contributed by atoms with E-state index in [1.807, 2.05) is 0 Å². The topological polar surface area (TPSA) is 44.5 Å². The Morgan fingerprint density at radius 1 is 1.12 bits per heavy atom. The highest BCUT2D eigenvalue weighted by atomic mass is 16.5. The van der Waals surface area contributed by atoms with Crippen LogP contribution in [0.4, 0.5) is 0 Å². The molecule has 0 radical (unpaired) electrons. The second kappa shape index (κ2) is 5.99. The van der Waals surface area contributed by atoms with Crippen molar-refractivity contribution in [3.8, 4) is 0 Å². The lowest BCUT2D eigenvalue weighted by Crippen LogP contribution is -2.42. The lowest BCUT2D eigenvalue weighted by Gasteiger charge is -2.32. The number of hydrogen-bond donors (Lipinski definition) is 1. The van der Waals surface area contributed by atoms with Crippen molar-refractivity contribution in [3.05, 3.63) is 0 Å². The fraction of sp³-hybridized carbons (Fsp3) is 1.00. The smallest absolute Gasteiger partial charge is 0.0809 e. The Hall–Kier alpha value is -0.120. The van der Waals surface area contributed by atoms with Crippen LogP contribution in [0.5, 0.6) is 0 Å². The van der Waals surface area contributed by atoms with Crippen molar-refractivity contribution in [3.63, 3.8) is 0 Å². The van der Waals surface area contributed by atoms with E-state index < -0.39 is 0 Å². The molecule has 2 N–H and O–H groups in total. The van der Waals surface area contributed by atoms with Crippen LogP contribution in [0.1, 0.15) is 51.4 Å². The van der Waals surface area contributed by atoms with Gasteiger partial charge < -0.3 is 15.2 Å². The van der Waals surface area contributed by atoms with Crippen molar-refractivity contribution >= 4 is 0 Å². The summed E-state index contributed by atoms with van der Waals surface area (Å²) in [7, 11) is 0. The summed E-state index contributed by atoms with van der Waals surface area (Å²) < 4.78 is 11.7. The molecule has 3 heteroatoms. The molecule has 0 spiro atoms. The van der Waals surface area contributed by atoms with Gasteiger partial charge in [-0.25, -0.2) is 0 Å². The molecule has 1 heterocycles. The highest BCUT2D eigenvalue weighted by Gasteiger charge is 2.31. The van der Waals surface area contributed by atoms with Gasteiger partial charge in [0.1, 0.15) is 0 Å². The number of hydrogen-bond acceptors (Lipinski definition) is 3. The van der Waals surface area contributed by atoms with Gasteiger partial charge in [0, 0.05) is 13.2 Å². The Balaban J connectivity index is 1.81. The van der Waals surface area contributed by atoms with Crippen LogP contribution in [-0.2, 0) is 9.47 Å². The van der Waals surface area contributed by atoms with Gasteiger partial charge in [0.2, 0.25) is 0 Å². The van der Waals surface area contributed by atoms with Gasteiger partial charge in [-0.3, -0.25) is 0 Å². The minimum absolute atomic E-state index is 0.0392. The fourth-order valence-electron chi connectivity index (χ4n) is 2.83. The van der Waals surface area contributed by atoms with Crippen LogP contribution in [-0.4, -0.2) is 31.5 Å². The first-order chi connectivity index (χ1) is 7.85. The van der Waals surface area contributed by atoms with Crippen LogP contribution in [0, 0.1) is 0 Å². The minimum Gasteiger partial charge on any atom is -0.376 e. The standard InChI is InChI=1S/C13H25NO2/c14-11-13(7-3-1-2-4-8-13)16-10-12-6-5-9-15-12/h12H,1-11,14H2. The highest BCUT2D eigenvalue weighted by Crippen LogP contribution is 2.30. The van der Waals surface area contributed by atoms with E-state index in [1.54, 1.807) is 0 Å². The van der Waals surface area contributed by atoms with Gasteiger partial charge in [-0.15, -0.1) is 0 Å². The number of rotatable bonds is 4. The van der Waals surface area contributed by atoms with Gasteiger partial charge in [-0.2, -0.15) is 0 Å². The highest BCUT2D eigenvalue weighted by molar-refractivity contribution is 4.85. The summed E-state index contributed by atoms with van der Waals surface area (Å²) >= 11 is 0. The lowest BCUT2D eigenvalue weighted by atomic mass is 9.94. The van der Waals surface area contributed by atoms with Gasteiger partial charge in [-0.05, 0) is 25.7 Å². The lowest BCUT2D eigenvalue weighted by molar-refractivity contribution is -0.0866. The van der Waals surface area contributed by atoms with E-state index in [-0.39, 0.29) is 5.60 Å². The molecule has 1 saturated carbocycles. The van der Waals surface area contributed by atoms with E-state index >= 15 is 0 Å². The third-order valence-electron chi connectivity index (χ3n) is 3.99. The van der Waals surface area contributed by atoms with Gasteiger partial charge in [0.15, 0.2) is 0 Å². The van der Waals surface area contributed by atoms with Crippen LogP contribution in [0.25, 0.3) is 0 Å². The maximum Gasteiger partial charge on any atom is 0.0809 e. The van der Waals surface area contributed by atoms with E-state index in [2.05, 4.69) is 0 Å². The average Bonchev–Trinajstić information content (AvgIpc) is 2.72. The molecular formula is C13H25NO2. The first-order valence-corrected chi connectivity index (χ1v) is 6.80. The third-order valence-corrected chi connectivity index (χ3v) is 3.99. The molecule has 1 atom stereocenters. The van der Waals surface area contributed by atoms with E-state index in [0.29, 0.717) is 12.6 Å². The molecule has 2 rings (SSSR count). The molecular weight excluding hydrogens is 202 g/mol. The molecule has 0 aromatic carbocycles. The van der Waals surface area contributed by atoms with Crippen LogP contribution in [0.3, 0.4) is 0 Å². The maximum atomic E-state index is 6.13. The minimum atomic E-state index is -0.0392. The molecule has 1 aliphatic carbocycles. The van der Waals surface area contributed by atoms with Crippen molar-refractivity contribution in [2.45, 2.75) is 63.1 Å². The Bertz CT molecular complexity index is 194. The van der Waals surface area contributed by atoms with Crippen molar-refractivity contribution in [1.82, 2.24) is 0 Å². The number of nitrogens with two attached hydrogens (primary N) is 1. The van der Waals surface area contributed by atoms with Crippen LogP contribution >= 0.6 is 0 Å². The quantitative estimate of drug-likeness (QED) is 0.749. The second-order valence-corrected chi connectivity index (χ2v) is 5.25. The molecule has 0 bridgehead atoms. The van der Waals surface area contributed by atoms with E-state index in [9.17, 15) is 0 Å².